The lowest BCUT2D eigenvalue weighted by Gasteiger charge is -2.20. The summed E-state index contributed by atoms with van der Waals surface area (Å²) in [5, 5.41) is 3.05. The summed E-state index contributed by atoms with van der Waals surface area (Å²) in [5.41, 5.74) is 1.98. The van der Waals surface area contributed by atoms with Crippen LogP contribution in [0.5, 0.6) is 0 Å². The predicted molar refractivity (Wildman–Crippen MR) is 65.2 cm³/mol. The molecule has 0 amide bonds. The summed E-state index contributed by atoms with van der Waals surface area (Å²) in [6, 6.07) is 5.26. The minimum absolute atomic E-state index is 0.148. The van der Waals surface area contributed by atoms with E-state index in [1.54, 1.807) is 12.1 Å². The van der Waals surface area contributed by atoms with Gasteiger partial charge in [-0.25, -0.2) is 4.39 Å². The molecule has 0 aromatic heterocycles. The molecule has 1 fully saturated rings. The fourth-order valence-corrected chi connectivity index (χ4v) is 1.95. The highest BCUT2D eigenvalue weighted by Crippen LogP contribution is 2.31. The summed E-state index contributed by atoms with van der Waals surface area (Å²) in [6.07, 6.45) is 2.64. The van der Waals surface area contributed by atoms with E-state index in [1.807, 2.05) is 14.1 Å². The first-order valence-electron chi connectivity index (χ1n) is 5.84. The average molecular weight is 222 g/mol. The van der Waals surface area contributed by atoms with Crippen molar-refractivity contribution in [2.45, 2.75) is 19.4 Å². The van der Waals surface area contributed by atoms with Crippen LogP contribution in [0.2, 0.25) is 0 Å². The molecule has 16 heavy (non-hydrogen) atoms. The molecular weight excluding hydrogens is 203 g/mol. The van der Waals surface area contributed by atoms with Gasteiger partial charge in [-0.15, -0.1) is 0 Å². The molecular formula is C13H19FN2. The second-order valence-corrected chi connectivity index (χ2v) is 4.67. The number of rotatable bonds is 5. The van der Waals surface area contributed by atoms with Gasteiger partial charge in [-0.2, -0.15) is 0 Å². The number of anilines is 1. The Morgan fingerprint density at radius 2 is 2.12 bits per heavy atom. The molecule has 2 nitrogen and oxygen atoms in total. The number of hydrogen-bond donors (Lipinski definition) is 1. The zero-order valence-electron chi connectivity index (χ0n) is 9.96. The van der Waals surface area contributed by atoms with Crippen LogP contribution >= 0.6 is 0 Å². The third-order valence-electron chi connectivity index (χ3n) is 2.99. The predicted octanol–water partition coefficient (Wildman–Crippen LogP) is 2.39. The SMILES string of the molecule is CNCc1cc(F)cc(N(C)CC2CC2)c1. The van der Waals surface area contributed by atoms with E-state index in [9.17, 15) is 4.39 Å². The zero-order chi connectivity index (χ0) is 11.5. The Labute approximate surface area is 96.5 Å². The minimum atomic E-state index is -0.148. The van der Waals surface area contributed by atoms with Crippen LogP contribution in [0.25, 0.3) is 0 Å². The number of nitrogens with zero attached hydrogens (tertiary/aromatic N) is 1. The first kappa shape index (κ1) is 11.4. The lowest BCUT2D eigenvalue weighted by Crippen LogP contribution is -2.20. The van der Waals surface area contributed by atoms with Crippen molar-refractivity contribution in [2.75, 3.05) is 25.5 Å². The van der Waals surface area contributed by atoms with Crippen molar-refractivity contribution < 1.29 is 4.39 Å². The van der Waals surface area contributed by atoms with Crippen molar-refractivity contribution in [3.63, 3.8) is 0 Å². The van der Waals surface area contributed by atoms with Gasteiger partial charge in [-0.1, -0.05) is 0 Å². The zero-order valence-corrected chi connectivity index (χ0v) is 9.96. The highest BCUT2D eigenvalue weighted by atomic mass is 19.1. The Bertz CT molecular complexity index is 361. The highest BCUT2D eigenvalue weighted by molar-refractivity contribution is 5.48. The Morgan fingerprint density at radius 1 is 1.38 bits per heavy atom. The number of halogens is 1. The van der Waals surface area contributed by atoms with Crippen LogP contribution in [0.15, 0.2) is 18.2 Å². The van der Waals surface area contributed by atoms with Crippen molar-refractivity contribution in [1.82, 2.24) is 5.32 Å². The molecule has 2 rings (SSSR count). The van der Waals surface area contributed by atoms with E-state index in [0.29, 0.717) is 6.54 Å². The Morgan fingerprint density at radius 3 is 2.75 bits per heavy atom. The van der Waals surface area contributed by atoms with E-state index < -0.39 is 0 Å². The Kier molecular flexibility index (Phi) is 3.44. The van der Waals surface area contributed by atoms with Gasteiger partial charge < -0.3 is 10.2 Å². The van der Waals surface area contributed by atoms with Crippen molar-refractivity contribution in [3.8, 4) is 0 Å². The first-order valence-corrected chi connectivity index (χ1v) is 5.84. The van der Waals surface area contributed by atoms with E-state index >= 15 is 0 Å². The van der Waals surface area contributed by atoms with Crippen LogP contribution in [-0.4, -0.2) is 20.6 Å². The molecule has 0 aliphatic heterocycles. The van der Waals surface area contributed by atoms with Crippen LogP contribution in [0.1, 0.15) is 18.4 Å². The van der Waals surface area contributed by atoms with Crippen molar-refractivity contribution in [2.24, 2.45) is 5.92 Å². The topological polar surface area (TPSA) is 15.3 Å². The molecule has 0 atom stereocenters. The molecule has 1 aliphatic carbocycles. The summed E-state index contributed by atoms with van der Waals surface area (Å²) in [7, 11) is 3.91. The monoisotopic (exact) mass is 222 g/mol. The second kappa shape index (κ2) is 4.83. The van der Waals surface area contributed by atoms with Gasteiger partial charge in [0.1, 0.15) is 5.82 Å². The maximum absolute atomic E-state index is 13.4. The van der Waals surface area contributed by atoms with Gasteiger partial charge in [0.05, 0.1) is 0 Å². The van der Waals surface area contributed by atoms with Gasteiger partial charge >= 0.3 is 0 Å². The maximum atomic E-state index is 13.4. The average Bonchev–Trinajstić information content (AvgIpc) is 3.01. The van der Waals surface area contributed by atoms with Crippen molar-refractivity contribution in [1.29, 1.82) is 0 Å². The van der Waals surface area contributed by atoms with Crippen molar-refractivity contribution >= 4 is 5.69 Å². The third kappa shape index (κ3) is 2.95. The number of hydrogen-bond acceptors (Lipinski definition) is 2. The summed E-state index contributed by atoms with van der Waals surface area (Å²) in [6.45, 7) is 1.75. The summed E-state index contributed by atoms with van der Waals surface area (Å²) < 4.78 is 13.4. The molecule has 1 N–H and O–H groups in total. The second-order valence-electron chi connectivity index (χ2n) is 4.67. The van der Waals surface area contributed by atoms with Crippen LogP contribution in [0.4, 0.5) is 10.1 Å². The van der Waals surface area contributed by atoms with Crippen LogP contribution in [0.3, 0.4) is 0 Å². The number of nitrogens with one attached hydrogen (secondary N) is 1. The lowest BCUT2D eigenvalue weighted by atomic mass is 10.1. The maximum Gasteiger partial charge on any atom is 0.125 e. The van der Waals surface area contributed by atoms with E-state index in [1.165, 1.54) is 12.8 Å². The minimum Gasteiger partial charge on any atom is -0.374 e. The van der Waals surface area contributed by atoms with Crippen LogP contribution < -0.4 is 10.2 Å². The van der Waals surface area contributed by atoms with Crippen LogP contribution in [-0.2, 0) is 6.54 Å². The standard InChI is InChI=1S/C13H19FN2/c1-15-8-11-5-12(14)7-13(6-11)16(2)9-10-3-4-10/h5-7,10,15H,3-4,8-9H2,1-2H3. The molecule has 0 radical (unpaired) electrons. The van der Waals surface area contributed by atoms with E-state index in [4.69, 9.17) is 0 Å². The third-order valence-corrected chi connectivity index (χ3v) is 2.99. The number of benzene rings is 1. The van der Waals surface area contributed by atoms with E-state index in [-0.39, 0.29) is 5.82 Å². The summed E-state index contributed by atoms with van der Waals surface area (Å²) in [5.74, 6) is 0.673. The quantitative estimate of drug-likeness (QED) is 0.823. The fraction of sp³-hybridized carbons (Fsp3) is 0.538. The summed E-state index contributed by atoms with van der Waals surface area (Å²) in [4.78, 5) is 2.15. The van der Waals surface area contributed by atoms with E-state index in [2.05, 4.69) is 16.3 Å². The molecule has 88 valence electrons. The molecule has 1 aliphatic rings. The molecule has 0 saturated heterocycles. The Balaban J connectivity index is 2.11. The first-order chi connectivity index (χ1) is 7.69. The molecule has 0 spiro atoms. The molecule has 3 heteroatoms. The van der Waals surface area contributed by atoms with Gasteiger partial charge in [-0.3, -0.25) is 0 Å². The molecule has 0 bridgehead atoms. The van der Waals surface area contributed by atoms with Gasteiger partial charge in [0, 0.05) is 25.8 Å². The largest absolute Gasteiger partial charge is 0.374 e. The molecule has 1 aromatic carbocycles. The lowest BCUT2D eigenvalue weighted by molar-refractivity contribution is 0.622. The van der Waals surface area contributed by atoms with Gasteiger partial charge in [0.15, 0.2) is 0 Å². The molecule has 1 saturated carbocycles. The molecule has 0 heterocycles. The van der Waals surface area contributed by atoms with Crippen LogP contribution in [0, 0.1) is 11.7 Å². The highest BCUT2D eigenvalue weighted by Gasteiger charge is 2.23. The fourth-order valence-electron chi connectivity index (χ4n) is 1.95. The molecule has 0 unspecified atom stereocenters. The van der Waals surface area contributed by atoms with E-state index in [0.717, 1.165) is 23.7 Å². The smallest absolute Gasteiger partial charge is 0.125 e. The van der Waals surface area contributed by atoms with Gasteiger partial charge in [0.25, 0.3) is 0 Å². The Hall–Kier alpha value is -1.09. The normalized spacial score (nSPS) is 15.2. The van der Waals surface area contributed by atoms with Gasteiger partial charge in [0.2, 0.25) is 0 Å². The van der Waals surface area contributed by atoms with Gasteiger partial charge in [-0.05, 0) is 49.6 Å². The molecule has 1 aromatic rings. The summed E-state index contributed by atoms with van der Waals surface area (Å²) >= 11 is 0. The van der Waals surface area contributed by atoms with Crippen molar-refractivity contribution in [3.05, 3.63) is 29.6 Å².